The molecule has 1 atom stereocenters. The Kier molecular flexibility index (Phi) is 5.71. The van der Waals surface area contributed by atoms with Crippen molar-refractivity contribution < 1.29 is 28.9 Å². The Balaban J connectivity index is 1.34. The van der Waals surface area contributed by atoms with Gasteiger partial charge in [0.1, 0.15) is 25.6 Å². The molecule has 1 amide bonds. The number of para-hydroxylation sites is 1. The van der Waals surface area contributed by atoms with E-state index in [0.29, 0.717) is 47.3 Å². The number of nitrogens with zero attached hydrogens (tertiary/aromatic N) is 1. The fourth-order valence-corrected chi connectivity index (χ4v) is 4.34. The largest absolute Gasteiger partial charge is 0.492 e. The zero-order valence-electron chi connectivity index (χ0n) is 18.8. The van der Waals surface area contributed by atoms with E-state index in [1.165, 1.54) is 4.90 Å². The molecule has 0 saturated heterocycles. The number of hydrogen-bond acceptors (Lipinski definition) is 6. The molecule has 5 rings (SSSR count). The number of aryl methyl sites for hydroxylation is 1. The number of anilines is 1. The molecule has 34 heavy (non-hydrogen) atoms. The molecule has 174 valence electrons. The van der Waals surface area contributed by atoms with Crippen LogP contribution in [-0.2, 0) is 10.4 Å². The number of rotatable bonds is 7. The van der Waals surface area contributed by atoms with Crippen LogP contribution in [0.5, 0.6) is 17.2 Å². The molecule has 3 aromatic carbocycles. The summed E-state index contributed by atoms with van der Waals surface area (Å²) in [5.41, 5.74) is 0.525. The summed E-state index contributed by atoms with van der Waals surface area (Å²) in [6.45, 7) is 3.34. The second-order valence-corrected chi connectivity index (χ2v) is 8.45. The number of carbonyl (C=O) groups is 2. The standard InChI is InChI=1S/C27H25NO6/c1-18-6-9-20(10-7-18)32-13-12-28-22-5-3-2-4-21(22)27(31,26(28)30)17-23(29)19-8-11-24-25(16-19)34-15-14-33-24/h2-11,16,31H,12-15,17H2,1H3. The second kappa shape index (κ2) is 8.83. The topological polar surface area (TPSA) is 85.3 Å². The Hall–Kier alpha value is -3.84. The van der Waals surface area contributed by atoms with Crippen molar-refractivity contribution >= 4 is 17.4 Å². The van der Waals surface area contributed by atoms with Crippen molar-refractivity contribution in [1.29, 1.82) is 0 Å². The molecule has 3 aromatic rings. The normalized spacial score (nSPS) is 18.5. The lowest BCUT2D eigenvalue weighted by atomic mass is 9.88. The van der Waals surface area contributed by atoms with Gasteiger partial charge in [0.05, 0.1) is 18.7 Å². The summed E-state index contributed by atoms with van der Waals surface area (Å²) in [7, 11) is 0. The maximum Gasteiger partial charge on any atom is 0.264 e. The van der Waals surface area contributed by atoms with Crippen LogP contribution in [0.1, 0.15) is 27.9 Å². The first-order valence-electron chi connectivity index (χ1n) is 11.2. The highest BCUT2D eigenvalue weighted by molar-refractivity contribution is 6.10. The zero-order chi connectivity index (χ0) is 23.7. The number of ether oxygens (including phenoxy) is 3. The van der Waals surface area contributed by atoms with Gasteiger partial charge in [-0.25, -0.2) is 0 Å². The van der Waals surface area contributed by atoms with Gasteiger partial charge in [-0.2, -0.15) is 0 Å². The smallest absolute Gasteiger partial charge is 0.264 e. The van der Waals surface area contributed by atoms with Crippen molar-refractivity contribution in [2.24, 2.45) is 0 Å². The Morgan fingerprint density at radius 1 is 1.03 bits per heavy atom. The van der Waals surface area contributed by atoms with Crippen molar-refractivity contribution in [2.75, 3.05) is 31.3 Å². The number of amides is 1. The van der Waals surface area contributed by atoms with E-state index in [4.69, 9.17) is 14.2 Å². The SMILES string of the molecule is Cc1ccc(OCCN2C(=O)C(O)(CC(=O)c3ccc4c(c3)OCCO4)c3ccccc32)cc1. The average molecular weight is 459 g/mol. The van der Waals surface area contributed by atoms with Gasteiger partial charge in [0, 0.05) is 11.1 Å². The number of hydrogen-bond donors (Lipinski definition) is 1. The van der Waals surface area contributed by atoms with E-state index in [2.05, 4.69) is 0 Å². The number of fused-ring (bicyclic) bond motifs is 2. The fraction of sp³-hybridized carbons (Fsp3) is 0.259. The molecule has 1 unspecified atom stereocenters. The second-order valence-electron chi connectivity index (χ2n) is 8.45. The summed E-state index contributed by atoms with van der Waals surface area (Å²) in [6, 6.07) is 19.5. The van der Waals surface area contributed by atoms with Crippen LogP contribution < -0.4 is 19.1 Å². The molecule has 0 bridgehead atoms. The van der Waals surface area contributed by atoms with Gasteiger partial charge in [0.25, 0.3) is 5.91 Å². The first-order chi connectivity index (χ1) is 16.5. The van der Waals surface area contributed by atoms with Crippen LogP contribution in [0.3, 0.4) is 0 Å². The molecular weight excluding hydrogens is 434 g/mol. The number of carbonyl (C=O) groups excluding carboxylic acids is 2. The van der Waals surface area contributed by atoms with Gasteiger partial charge in [0.2, 0.25) is 0 Å². The van der Waals surface area contributed by atoms with E-state index in [1.807, 2.05) is 31.2 Å². The molecule has 0 saturated carbocycles. The molecule has 2 aliphatic heterocycles. The number of benzene rings is 3. The Morgan fingerprint density at radius 2 is 1.76 bits per heavy atom. The molecule has 0 fully saturated rings. The van der Waals surface area contributed by atoms with Crippen molar-refractivity contribution in [2.45, 2.75) is 18.9 Å². The van der Waals surface area contributed by atoms with E-state index < -0.39 is 11.5 Å². The van der Waals surface area contributed by atoms with Crippen molar-refractivity contribution in [3.63, 3.8) is 0 Å². The van der Waals surface area contributed by atoms with Crippen LogP contribution >= 0.6 is 0 Å². The highest BCUT2D eigenvalue weighted by Gasteiger charge is 2.50. The monoisotopic (exact) mass is 459 g/mol. The minimum Gasteiger partial charge on any atom is -0.492 e. The molecule has 2 aliphatic rings. The van der Waals surface area contributed by atoms with Crippen LogP contribution in [-0.4, -0.2) is 43.2 Å². The maximum atomic E-state index is 13.4. The van der Waals surface area contributed by atoms with Crippen LogP contribution in [0, 0.1) is 6.92 Å². The third-order valence-electron chi connectivity index (χ3n) is 6.12. The Bertz CT molecular complexity index is 1240. The van der Waals surface area contributed by atoms with E-state index in [1.54, 1.807) is 42.5 Å². The first-order valence-corrected chi connectivity index (χ1v) is 11.2. The van der Waals surface area contributed by atoms with Crippen LogP contribution in [0.4, 0.5) is 5.69 Å². The van der Waals surface area contributed by atoms with Gasteiger partial charge in [-0.05, 0) is 43.3 Å². The lowest BCUT2D eigenvalue weighted by Crippen LogP contribution is -2.43. The van der Waals surface area contributed by atoms with Gasteiger partial charge in [-0.3, -0.25) is 9.59 Å². The maximum absolute atomic E-state index is 13.4. The predicted molar refractivity (Wildman–Crippen MR) is 126 cm³/mol. The zero-order valence-corrected chi connectivity index (χ0v) is 18.8. The Labute approximate surface area is 197 Å². The summed E-state index contributed by atoms with van der Waals surface area (Å²) >= 11 is 0. The minimum atomic E-state index is -1.95. The highest BCUT2D eigenvalue weighted by atomic mass is 16.6. The molecule has 0 aliphatic carbocycles. The van der Waals surface area contributed by atoms with Gasteiger partial charge >= 0.3 is 0 Å². The highest BCUT2D eigenvalue weighted by Crippen LogP contribution is 2.43. The quantitative estimate of drug-likeness (QED) is 0.543. The van der Waals surface area contributed by atoms with Crippen LogP contribution in [0.2, 0.25) is 0 Å². The summed E-state index contributed by atoms with van der Waals surface area (Å²) < 4.78 is 16.9. The molecule has 7 nitrogen and oxygen atoms in total. The van der Waals surface area contributed by atoms with E-state index >= 15 is 0 Å². The van der Waals surface area contributed by atoms with Gasteiger partial charge in [-0.1, -0.05) is 35.9 Å². The van der Waals surface area contributed by atoms with Crippen LogP contribution in [0.25, 0.3) is 0 Å². The average Bonchev–Trinajstić information content (AvgIpc) is 3.06. The van der Waals surface area contributed by atoms with Crippen LogP contribution in [0.15, 0.2) is 66.7 Å². The first kappa shape index (κ1) is 22.0. The summed E-state index contributed by atoms with van der Waals surface area (Å²) in [4.78, 5) is 28.0. The molecular formula is C27H25NO6. The number of ketones is 1. The summed E-state index contributed by atoms with van der Waals surface area (Å²) in [5.74, 6) is 0.864. The van der Waals surface area contributed by atoms with Crippen molar-refractivity contribution in [1.82, 2.24) is 0 Å². The van der Waals surface area contributed by atoms with E-state index in [-0.39, 0.29) is 25.4 Å². The lowest BCUT2D eigenvalue weighted by molar-refractivity contribution is -0.135. The summed E-state index contributed by atoms with van der Waals surface area (Å²) in [5, 5.41) is 11.5. The molecule has 7 heteroatoms. The number of Topliss-reactive ketones (excluding diaryl/α,β-unsaturated/α-hetero) is 1. The lowest BCUT2D eigenvalue weighted by Gasteiger charge is -2.23. The third kappa shape index (κ3) is 3.99. The van der Waals surface area contributed by atoms with E-state index in [0.717, 1.165) is 5.56 Å². The van der Waals surface area contributed by atoms with Gasteiger partial charge in [-0.15, -0.1) is 0 Å². The van der Waals surface area contributed by atoms with Gasteiger partial charge < -0.3 is 24.2 Å². The fourth-order valence-electron chi connectivity index (χ4n) is 4.34. The molecule has 1 N–H and O–H groups in total. The van der Waals surface area contributed by atoms with Crippen molar-refractivity contribution in [3.8, 4) is 17.2 Å². The minimum absolute atomic E-state index is 0.240. The third-order valence-corrected chi connectivity index (χ3v) is 6.12. The molecule has 0 radical (unpaired) electrons. The molecule has 0 aromatic heterocycles. The molecule has 2 heterocycles. The van der Waals surface area contributed by atoms with E-state index in [9.17, 15) is 14.7 Å². The molecule has 0 spiro atoms. The predicted octanol–water partition coefficient (Wildman–Crippen LogP) is 3.65. The Morgan fingerprint density at radius 3 is 2.56 bits per heavy atom. The number of aliphatic hydroxyl groups is 1. The van der Waals surface area contributed by atoms with Crippen molar-refractivity contribution in [3.05, 3.63) is 83.4 Å². The summed E-state index contributed by atoms with van der Waals surface area (Å²) in [6.07, 6.45) is -0.377. The van der Waals surface area contributed by atoms with Gasteiger partial charge in [0.15, 0.2) is 22.9 Å².